The molecular formula is C19H26FN3O. The second-order valence-electron chi connectivity index (χ2n) is 7.79. The van der Waals surface area contributed by atoms with Crippen molar-refractivity contribution in [3.63, 3.8) is 0 Å². The van der Waals surface area contributed by atoms with E-state index in [1.165, 1.54) is 0 Å². The predicted octanol–water partition coefficient (Wildman–Crippen LogP) is 2.94. The third-order valence-electron chi connectivity index (χ3n) is 4.75. The highest BCUT2D eigenvalue weighted by Gasteiger charge is 2.47. The van der Waals surface area contributed by atoms with E-state index in [-0.39, 0.29) is 18.0 Å². The van der Waals surface area contributed by atoms with Crippen LogP contribution in [0.1, 0.15) is 37.8 Å². The number of likely N-dealkylation sites (tertiary alicyclic amines) is 1. The summed E-state index contributed by atoms with van der Waals surface area (Å²) in [6.45, 7) is 7.33. The number of alkyl halides is 1. The van der Waals surface area contributed by atoms with Gasteiger partial charge in [0.25, 0.3) is 0 Å². The molecule has 0 bridgehead atoms. The molecule has 0 amide bonds. The van der Waals surface area contributed by atoms with Crippen molar-refractivity contribution in [2.45, 2.75) is 44.4 Å². The van der Waals surface area contributed by atoms with E-state index in [2.05, 4.69) is 30.8 Å². The van der Waals surface area contributed by atoms with Gasteiger partial charge in [-0.1, -0.05) is 30.3 Å². The van der Waals surface area contributed by atoms with E-state index in [0.29, 0.717) is 13.1 Å². The van der Waals surface area contributed by atoms with Crippen LogP contribution >= 0.6 is 0 Å². The number of hydrogen-bond acceptors (Lipinski definition) is 3. The third-order valence-corrected chi connectivity index (χ3v) is 4.75. The molecule has 2 aromatic rings. The van der Waals surface area contributed by atoms with E-state index in [1.54, 1.807) is 0 Å². The van der Waals surface area contributed by atoms with Crippen LogP contribution in [0, 0.1) is 0 Å². The lowest BCUT2D eigenvalue weighted by molar-refractivity contribution is 0.0646. The molecule has 1 fully saturated rings. The minimum Gasteiger partial charge on any atom is -0.393 e. The number of aliphatic hydroxyl groups excluding tert-OH is 1. The van der Waals surface area contributed by atoms with Crippen LogP contribution < -0.4 is 0 Å². The average molecular weight is 331 g/mol. The van der Waals surface area contributed by atoms with Gasteiger partial charge in [0.05, 0.1) is 18.3 Å². The number of benzene rings is 1. The number of halogens is 1. The van der Waals surface area contributed by atoms with Crippen LogP contribution in [0.2, 0.25) is 0 Å². The highest BCUT2D eigenvalue weighted by molar-refractivity contribution is 5.26. The highest BCUT2D eigenvalue weighted by atomic mass is 19.1. The zero-order valence-electron chi connectivity index (χ0n) is 14.6. The fourth-order valence-electron chi connectivity index (χ4n) is 3.41. The summed E-state index contributed by atoms with van der Waals surface area (Å²) < 4.78 is 17.2. The lowest BCUT2D eigenvalue weighted by atomic mass is 9.87. The molecule has 5 heteroatoms. The zero-order valence-corrected chi connectivity index (χ0v) is 14.6. The van der Waals surface area contributed by atoms with Gasteiger partial charge in [0.1, 0.15) is 0 Å². The molecule has 0 radical (unpaired) electrons. The van der Waals surface area contributed by atoms with Crippen LogP contribution in [0.4, 0.5) is 4.39 Å². The zero-order chi connectivity index (χ0) is 17.4. The Balaban J connectivity index is 1.75. The predicted molar refractivity (Wildman–Crippen MR) is 92.6 cm³/mol. The molecule has 0 spiro atoms. The van der Waals surface area contributed by atoms with Crippen molar-refractivity contribution in [3.8, 4) is 0 Å². The molecule has 1 aliphatic rings. The first kappa shape index (κ1) is 17.1. The van der Waals surface area contributed by atoms with E-state index in [4.69, 9.17) is 0 Å². The van der Waals surface area contributed by atoms with Gasteiger partial charge < -0.3 is 5.11 Å². The van der Waals surface area contributed by atoms with Crippen molar-refractivity contribution in [3.05, 3.63) is 53.9 Å². The Morgan fingerprint density at radius 3 is 2.58 bits per heavy atom. The van der Waals surface area contributed by atoms with Gasteiger partial charge in [-0.2, -0.15) is 5.10 Å². The largest absolute Gasteiger partial charge is 0.393 e. The molecule has 4 nitrogen and oxygen atoms in total. The first-order valence-electron chi connectivity index (χ1n) is 8.43. The molecule has 1 aliphatic heterocycles. The number of nitrogens with zero attached hydrogens (tertiary/aromatic N) is 3. The number of aromatic nitrogens is 2. The Kier molecular flexibility index (Phi) is 4.49. The summed E-state index contributed by atoms with van der Waals surface area (Å²) in [5.74, 6) is -0.304. The van der Waals surface area contributed by atoms with Gasteiger partial charge >= 0.3 is 0 Å². The van der Waals surface area contributed by atoms with E-state index < -0.39 is 12.3 Å². The monoisotopic (exact) mass is 331 g/mol. The minimum atomic E-state index is -1.60. The Bertz CT molecular complexity index is 679. The summed E-state index contributed by atoms with van der Waals surface area (Å²) in [6.07, 6.45) is 3.87. The van der Waals surface area contributed by atoms with Gasteiger partial charge in [-0.3, -0.25) is 9.58 Å². The summed E-state index contributed by atoms with van der Waals surface area (Å²) in [5, 5.41) is 14.0. The highest BCUT2D eigenvalue weighted by Crippen LogP contribution is 2.39. The Labute approximate surface area is 142 Å². The van der Waals surface area contributed by atoms with E-state index >= 15 is 4.39 Å². The number of aliphatic hydroxyl groups is 1. The molecule has 1 aromatic carbocycles. The molecule has 0 aliphatic carbocycles. The molecule has 130 valence electrons. The van der Waals surface area contributed by atoms with Crippen molar-refractivity contribution in [2.75, 3.05) is 19.7 Å². The van der Waals surface area contributed by atoms with Gasteiger partial charge in [0.2, 0.25) is 0 Å². The number of rotatable bonds is 4. The molecular weight excluding hydrogens is 305 g/mol. The molecule has 24 heavy (non-hydrogen) atoms. The maximum atomic E-state index is 15.2. The van der Waals surface area contributed by atoms with Crippen molar-refractivity contribution in [2.24, 2.45) is 0 Å². The molecule has 1 saturated heterocycles. The standard InChI is InChI=1S/C19H26FN3O/c1-18(2,3)23-11-15(9-21-23)10-22-12-17(19(20,13-22)14-24)16-7-5-4-6-8-16/h4-9,11,17,24H,10,12-14H2,1-3H3. The van der Waals surface area contributed by atoms with Crippen LogP contribution in [0.15, 0.2) is 42.7 Å². The fourth-order valence-corrected chi connectivity index (χ4v) is 3.41. The molecule has 3 rings (SSSR count). The van der Waals surface area contributed by atoms with Gasteiger partial charge in [-0.15, -0.1) is 0 Å². The van der Waals surface area contributed by atoms with Crippen molar-refractivity contribution >= 4 is 0 Å². The van der Waals surface area contributed by atoms with E-state index in [9.17, 15) is 5.11 Å². The molecule has 2 heterocycles. The Morgan fingerprint density at radius 1 is 1.29 bits per heavy atom. The summed E-state index contributed by atoms with van der Waals surface area (Å²) >= 11 is 0. The second kappa shape index (κ2) is 6.30. The Morgan fingerprint density at radius 2 is 2.00 bits per heavy atom. The summed E-state index contributed by atoms with van der Waals surface area (Å²) in [4.78, 5) is 2.07. The van der Waals surface area contributed by atoms with Crippen molar-refractivity contribution < 1.29 is 9.50 Å². The van der Waals surface area contributed by atoms with Gasteiger partial charge in [-0.25, -0.2) is 4.39 Å². The third kappa shape index (κ3) is 3.37. The lowest BCUT2D eigenvalue weighted by Gasteiger charge is -2.24. The molecule has 2 unspecified atom stereocenters. The normalized spacial score (nSPS) is 25.3. The van der Waals surface area contributed by atoms with Crippen LogP contribution in [-0.4, -0.2) is 45.2 Å². The van der Waals surface area contributed by atoms with E-state index in [0.717, 1.165) is 11.1 Å². The average Bonchev–Trinajstić information content (AvgIpc) is 3.13. The van der Waals surface area contributed by atoms with Crippen LogP contribution in [0.3, 0.4) is 0 Å². The minimum absolute atomic E-state index is 0.0647. The second-order valence-corrected chi connectivity index (χ2v) is 7.79. The quantitative estimate of drug-likeness (QED) is 0.936. The summed E-state index contributed by atoms with van der Waals surface area (Å²) in [7, 11) is 0. The summed E-state index contributed by atoms with van der Waals surface area (Å²) in [5.41, 5.74) is 0.354. The fraction of sp³-hybridized carbons (Fsp3) is 0.526. The first-order valence-corrected chi connectivity index (χ1v) is 8.43. The van der Waals surface area contributed by atoms with Crippen LogP contribution in [0.25, 0.3) is 0 Å². The Hall–Kier alpha value is -1.72. The molecule has 1 N–H and O–H groups in total. The summed E-state index contributed by atoms with van der Waals surface area (Å²) in [6, 6.07) is 9.65. The molecule has 1 aromatic heterocycles. The van der Waals surface area contributed by atoms with Crippen LogP contribution in [0.5, 0.6) is 0 Å². The SMILES string of the molecule is CC(C)(C)n1cc(CN2CC(c3ccccc3)C(F)(CO)C2)cn1. The van der Waals surface area contributed by atoms with Crippen molar-refractivity contribution in [1.82, 2.24) is 14.7 Å². The number of hydrogen-bond donors (Lipinski definition) is 1. The van der Waals surface area contributed by atoms with Gasteiger partial charge in [0.15, 0.2) is 5.67 Å². The maximum Gasteiger partial charge on any atom is 0.154 e. The van der Waals surface area contributed by atoms with E-state index in [1.807, 2.05) is 47.4 Å². The maximum absolute atomic E-state index is 15.2. The topological polar surface area (TPSA) is 41.3 Å². The van der Waals surface area contributed by atoms with Crippen LogP contribution in [-0.2, 0) is 12.1 Å². The molecule has 2 atom stereocenters. The van der Waals surface area contributed by atoms with Gasteiger partial charge in [-0.05, 0) is 26.3 Å². The van der Waals surface area contributed by atoms with Crippen molar-refractivity contribution in [1.29, 1.82) is 0 Å². The smallest absolute Gasteiger partial charge is 0.154 e. The van der Waals surface area contributed by atoms with Gasteiger partial charge in [0, 0.05) is 37.3 Å². The molecule has 0 saturated carbocycles. The first-order chi connectivity index (χ1) is 11.3. The lowest BCUT2D eigenvalue weighted by Crippen LogP contribution is -2.36.